The Morgan fingerprint density at radius 3 is 2.65 bits per heavy atom. The molecule has 0 atom stereocenters. The zero-order valence-corrected chi connectivity index (χ0v) is 14.6. The second-order valence-electron chi connectivity index (χ2n) is 7.54. The molecule has 3 heterocycles. The van der Waals surface area contributed by atoms with Crippen LogP contribution >= 0.6 is 0 Å². The first-order valence-corrected chi connectivity index (χ1v) is 9.45. The zero-order valence-electron chi connectivity index (χ0n) is 14.6. The second kappa shape index (κ2) is 6.24. The highest BCUT2D eigenvalue weighted by molar-refractivity contribution is 5.99. The first kappa shape index (κ1) is 15.6. The molecule has 0 aliphatic heterocycles. The van der Waals surface area contributed by atoms with Gasteiger partial charge in [-0.05, 0) is 61.3 Å². The Morgan fingerprint density at radius 1 is 1.15 bits per heavy atom. The summed E-state index contributed by atoms with van der Waals surface area (Å²) in [6, 6.07) is 10.2. The van der Waals surface area contributed by atoms with E-state index in [1.165, 1.54) is 25.7 Å². The maximum atomic E-state index is 13.0. The van der Waals surface area contributed by atoms with Crippen LogP contribution in [0.3, 0.4) is 0 Å². The minimum absolute atomic E-state index is 0.0325. The van der Waals surface area contributed by atoms with E-state index in [1.807, 2.05) is 47.1 Å². The van der Waals surface area contributed by atoms with Crippen molar-refractivity contribution in [2.75, 3.05) is 0 Å². The number of rotatable bonds is 6. The molecule has 5 nitrogen and oxygen atoms in total. The first-order chi connectivity index (χ1) is 12.8. The van der Waals surface area contributed by atoms with Crippen molar-refractivity contribution < 1.29 is 4.79 Å². The van der Waals surface area contributed by atoms with Crippen LogP contribution in [0.25, 0.3) is 5.52 Å². The van der Waals surface area contributed by atoms with Crippen LogP contribution in [0, 0.1) is 11.8 Å². The summed E-state index contributed by atoms with van der Waals surface area (Å²) in [5.74, 6) is 2.19. The molecule has 1 amide bonds. The van der Waals surface area contributed by atoms with Gasteiger partial charge in [0.05, 0.1) is 5.52 Å². The van der Waals surface area contributed by atoms with Crippen molar-refractivity contribution in [2.45, 2.75) is 38.1 Å². The van der Waals surface area contributed by atoms with Crippen molar-refractivity contribution in [1.82, 2.24) is 19.7 Å². The Hall–Kier alpha value is -2.69. The Kier molecular flexibility index (Phi) is 3.73. The fraction of sp³-hybridized carbons (Fsp3) is 0.381. The van der Waals surface area contributed by atoms with Crippen LogP contribution in [0.1, 0.15) is 47.6 Å². The summed E-state index contributed by atoms with van der Waals surface area (Å²) in [7, 11) is 0. The van der Waals surface area contributed by atoms with E-state index in [-0.39, 0.29) is 5.91 Å². The molecule has 5 rings (SSSR count). The van der Waals surface area contributed by atoms with Crippen LogP contribution in [0.5, 0.6) is 0 Å². The topological polar surface area (TPSA) is 59.3 Å². The van der Waals surface area contributed by atoms with Crippen LogP contribution in [0.2, 0.25) is 0 Å². The standard InChI is InChI=1S/C21H22N4O/c26-21(24-19(15-6-7-15)16-8-9-16)20-17-5-1-2-11-25(17)18(23-20)12-14-4-3-10-22-13-14/h1-5,10-11,13,15-16,19H,6-9,12H2,(H,24,26). The van der Waals surface area contributed by atoms with E-state index in [2.05, 4.69) is 10.3 Å². The SMILES string of the molecule is O=C(NC(C1CC1)C1CC1)c1nc(Cc2cccnc2)n2ccccc12. The average Bonchev–Trinajstić information content (AvgIpc) is 3.59. The number of hydrogen-bond donors (Lipinski definition) is 1. The summed E-state index contributed by atoms with van der Waals surface area (Å²) in [4.78, 5) is 21.9. The molecule has 26 heavy (non-hydrogen) atoms. The molecule has 3 aromatic rings. The van der Waals surface area contributed by atoms with E-state index >= 15 is 0 Å². The smallest absolute Gasteiger partial charge is 0.272 e. The number of carbonyl (C=O) groups excluding carboxylic acids is 1. The predicted octanol–water partition coefficient (Wildman–Crippen LogP) is 3.24. The van der Waals surface area contributed by atoms with Gasteiger partial charge in [0.15, 0.2) is 5.69 Å². The lowest BCUT2D eigenvalue weighted by Crippen LogP contribution is -2.38. The number of nitrogens with one attached hydrogen (secondary N) is 1. The normalized spacial score (nSPS) is 17.0. The van der Waals surface area contributed by atoms with Gasteiger partial charge >= 0.3 is 0 Å². The van der Waals surface area contributed by atoms with Crippen LogP contribution in [0.15, 0.2) is 48.9 Å². The van der Waals surface area contributed by atoms with Gasteiger partial charge in [-0.1, -0.05) is 12.1 Å². The van der Waals surface area contributed by atoms with E-state index in [0.29, 0.717) is 30.0 Å². The number of fused-ring (bicyclic) bond motifs is 1. The van der Waals surface area contributed by atoms with Crippen LogP contribution in [0.4, 0.5) is 0 Å². The fourth-order valence-corrected chi connectivity index (χ4v) is 3.83. The molecule has 5 heteroatoms. The lowest BCUT2D eigenvalue weighted by Gasteiger charge is -2.16. The summed E-state index contributed by atoms with van der Waals surface area (Å²) in [6.45, 7) is 0. The number of nitrogens with zero attached hydrogens (tertiary/aromatic N) is 3. The number of carbonyl (C=O) groups is 1. The average molecular weight is 346 g/mol. The molecule has 1 N–H and O–H groups in total. The van der Waals surface area contributed by atoms with Gasteiger partial charge in [-0.15, -0.1) is 0 Å². The molecule has 2 aliphatic rings. The minimum Gasteiger partial charge on any atom is -0.347 e. The van der Waals surface area contributed by atoms with Gasteiger partial charge in [0.25, 0.3) is 5.91 Å². The van der Waals surface area contributed by atoms with Crippen molar-refractivity contribution in [1.29, 1.82) is 0 Å². The highest BCUT2D eigenvalue weighted by atomic mass is 16.2. The maximum absolute atomic E-state index is 13.0. The monoisotopic (exact) mass is 346 g/mol. The summed E-state index contributed by atoms with van der Waals surface area (Å²) in [5, 5.41) is 3.30. The molecule has 2 aliphatic carbocycles. The third-order valence-corrected chi connectivity index (χ3v) is 5.48. The second-order valence-corrected chi connectivity index (χ2v) is 7.54. The largest absolute Gasteiger partial charge is 0.347 e. The molecule has 2 fully saturated rings. The number of amides is 1. The molecular weight excluding hydrogens is 324 g/mol. The lowest BCUT2D eigenvalue weighted by atomic mass is 10.1. The molecule has 0 saturated heterocycles. The maximum Gasteiger partial charge on any atom is 0.272 e. The van der Waals surface area contributed by atoms with E-state index < -0.39 is 0 Å². The van der Waals surface area contributed by atoms with Gasteiger partial charge in [-0.2, -0.15) is 0 Å². The van der Waals surface area contributed by atoms with Gasteiger partial charge in [0.2, 0.25) is 0 Å². The molecule has 0 spiro atoms. The quantitative estimate of drug-likeness (QED) is 0.745. The Bertz CT molecular complexity index is 929. The molecule has 0 bridgehead atoms. The lowest BCUT2D eigenvalue weighted by molar-refractivity contribution is 0.0923. The Labute approximate surface area is 152 Å². The summed E-state index contributed by atoms with van der Waals surface area (Å²) < 4.78 is 2.02. The Morgan fingerprint density at radius 2 is 1.96 bits per heavy atom. The van der Waals surface area contributed by atoms with Crippen LogP contribution in [-0.4, -0.2) is 26.3 Å². The summed E-state index contributed by atoms with van der Waals surface area (Å²) in [5.41, 5.74) is 2.49. The molecule has 3 aromatic heterocycles. The number of imidazole rings is 1. The highest BCUT2D eigenvalue weighted by Crippen LogP contribution is 2.44. The Balaban J connectivity index is 1.46. The molecule has 0 unspecified atom stereocenters. The molecular formula is C21H22N4O. The van der Waals surface area contributed by atoms with Crippen LogP contribution < -0.4 is 5.32 Å². The number of pyridine rings is 2. The molecule has 0 aromatic carbocycles. The third kappa shape index (κ3) is 2.98. The highest BCUT2D eigenvalue weighted by Gasteiger charge is 2.42. The van der Waals surface area contributed by atoms with Gasteiger partial charge in [0.1, 0.15) is 5.82 Å². The van der Waals surface area contributed by atoms with Crippen molar-refractivity contribution in [3.8, 4) is 0 Å². The van der Waals surface area contributed by atoms with E-state index in [0.717, 1.165) is 16.9 Å². The van der Waals surface area contributed by atoms with E-state index in [4.69, 9.17) is 4.98 Å². The van der Waals surface area contributed by atoms with Gasteiger partial charge in [0, 0.05) is 31.1 Å². The summed E-state index contributed by atoms with van der Waals surface area (Å²) >= 11 is 0. The molecule has 0 radical (unpaired) electrons. The van der Waals surface area contributed by atoms with Crippen molar-refractivity contribution in [3.05, 3.63) is 66.0 Å². The molecule has 2 saturated carbocycles. The zero-order chi connectivity index (χ0) is 17.5. The van der Waals surface area contributed by atoms with Crippen molar-refractivity contribution in [2.24, 2.45) is 11.8 Å². The van der Waals surface area contributed by atoms with Gasteiger partial charge < -0.3 is 9.72 Å². The molecule has 132 valence electrons. The number of hydrogen-bond acceptors (Lipinski definition) is 3. The van der Waals surface area contributed by atoms with Crippen LogP contribution in [-0.2, 0) is 6.42 Å². The van der Waals surface area contributed by atoms with E-state index in [9.17, 15) is 4.79 Å². The van der Waals surface area contributed by atoms with Gasteiger partial charge in [-0.25, -0.2) is 4.98 Å². The number of aromatic nitrogens is 3. The van der Waals surface area contributed by atoms with Crippen molar-refractivity contribution >= 4 is 11.4 Å². The van der Waals surface area contributed by atoms with Gasteiger partial charge in [-0.3, -0.25) is 9.78 Å². The van der Waals surface area contributed by atoms with Crippen molar-refractivity contribution in [3.63, 3.8) is 0 Å². The first-order valence-electron chi connectivity index (χ1n) is 9.45. The third-order valence-electron chi connectivity index (χ3n) is 5.48. The minimum atomic E-state index is -0.0325. The fourth-order valence-electron chi connectivity index (χ4n) is 3.83. The van der Waals surface area contributed by atoms with E-state index in [1.54, 1.807) is 6.20 Å². The summed E-state index contributed by atoms with van der Waals surface area (Å²) in [6.07, 6.45) is 11.2. The predicted molar refractivity (Wildman–Crippen MR) is 98.9 cm³/mol.